The molecule has 0 amide bonds. The Bertz CT molecular complexity index is 1860. The molecule has 0 saturated carbocycles. The lowest BCUT2D eigenvalue weighted by Gasteiger charge is -2.13. The molecule has 0 atom stereocenters. The number of hydrogen-bond donors (Lipinski definition) is 0. The Morgan fingerprint density at radius 3 is 2.31 bits per heavy atom. The summed E-state index contributed by atoms with van der Waals surface area (Å²) in [5.41, 5.74) is 5.42. The topological polar surface area (TPSA) is 65.6 Å². The minimum absolute atomic E-state index is 0.194. The molecule has 6 aromatic rings. The van der Waals surface area contributed by atoms with Gasteiger partial charge in [0.25, 0.3) is 5.56 Å². The van der Waals surface area contributed by atoms with Crippen LogP contribution >= 0.6 is 23.2 Å². The second-order valence-electron chi connectivity index (χ2n) is 8.49. The van der Waals surface area contributed by atoms with Gasteiger partial charge in [-0.25, -0.2) is 15.0 Å². The Morgan fingerprint density at radius 1 is 0.829 bits per heavy atom. The van der Waals surface area contributed by atoms with Gasteiger partial charge in [0.05, 0.1) is 23.3 Å². The van der Waals surface area contributed by atoms with Crippen LogP contribution in [0, 0.1) is 13.8 Å². The summed E-state index contributed by atoms with van der Waals surface area (Å²) >= 11 is 12.8. The monoisotopic (exact) mass is 499 g/mol. The van der Waals surface area contributed by atoms with E-state index in [1.807, 2.05) is 85.1 Å². The smallest absolute Gasteiger partial charge is 0.265 e. The Hall–Kier alpha value is -3.74. The standard InChI is InChI=1S/C27H19Cl2N5O/c1-15-11-12-18(28)13-22(15)34-25-23(24-26(34)32-21-10-6-5-9-20(21)31-24)27(35)33(16(2)30-25)14-17-7-3-4-8-19(17)29/h3-13H,14H2,1-2H3. The van der Waals surface area contributed by atoms with Crippen LogP contribution in [0.1, 0.15) is 17.0 Å². The van der Waals surface area contributed by atoms with Crippen LogP contribution in [0.15, 0.2) is 71.5 Å². The van der Waals surface area contributed by atoms with Gasteiger partial charge in [0.2, 0.25) is 0 Å². The molecular formula is C27H19Cl2N5O. The van der Waals surface area contributed by atoms with E-state index < -0.39 is 0 Å². The molecule has 0 saturated heterocycles. The van der Waals surface area contributed by atoms with E-state index in [9.17, 15) is 4.79 Å². The third kappa shape index (κ3) is 3.49. The Labute approximate surface area is 210 Å². The summed E-state index contributed by atoms with van der Waals surface area (Å²) in [5, 5.41) is 1.59. The second-order valence-corrected chi connectivity index (χ2v) is 9.33. The average molecular weight is 500 g/mol. The summed E-state index contributed by atoms with van der Waals surface area (Å²) in [6.45, 7) is 4.11. The van der Waals surface area contributed by atoms with Crippen molar-refractivity contribution in [3.8, 4) is 5.69 Å². The molecule has 3 aromatic heterocycles. The van der Waals surface area contributed by atoms with Crippen molar-refractivity contribution in [3.05, 3.63) is 104 Å². The molecule has 0 radical (unpaired) electrons. The van der Waals surface area contributed by atoms with Crippen molar-refractivity contribution in [2.45, 2.75) is 20.4 Å². The molecule has 3 heterocycles. The van der Waals surface area contributed by atoms with Gasteiger partial charge in [-0.2, -0.15) is 0 Å². The summed E-state index contributed by atoms with van der Waals surface area (Å²) in [6, 6.07) is 20.7. The fourth-order valence-electron chi connectivity index (χ4n) is 4.47. The Kier molecular flexibility index (Phi) is 5.09. The zero-order valence-electron chi connectivity index (χ0n) is 19.0. The summed E-state index contributed by atoms with van der Waals surface area (Å²) in [6.07, 6.45) is 0. The van der Waals surface area contributed by atoms with E-state index in [4.69, 9.17) is 38.2 Å². The summed E-state index contributed by atoms with van der Waals surface area (Å²) in [5.74, 6) is 0.565. The molecule has 3 aromatic carbocycles. The molecule has 0 fully saturated rings. The first kappa shape index (κ1) is 21.8. The highest BCUT2D eigenvalue weighted by molar-refractivity contribution is 6.31. The van der Waals surface area contributed by atoms with Crippen LogP contribution in [0.2, 0.25) is 10.0 Å². The predicted octanol–water partition coefficient (Wildman–Crippen LogP) is 6.26. The number of fused-ring (bicyclic) bond motifs is 4. The van der Waals surface area contributed by atoms with E-state index in [0.717, 1.165) is 22.3 Å². The SMILES string of the molecule is Cc1ccc(Cl)cc1-n1c2nc3ccccc3nc2c2c(=O)n(Cc3ccccc3Cl)c(C)nc21. The van der Waals surface area contributed by atoms with Gasteiger partial charge < -0.3 is 0 Å². The number of para-hydroxylation sites is 2. The van der Waals surface area contributed by atoms with Crippen LogP contribution < -0.4 is 5.56 Å². The summed E-state index contributed by atoms with van der Waals surface area (Å²) in [7, 11) is 0. The van der Waals surface area contributed by atoms with Gasteiger partial charge in [0.1, 0.15) is 16.7 Å². The lowest BCUT2D eigenvalue weighted by atomic mass is 10.2. The van der Waals surface area contributed by atoms with Crippen LogP contribution in [0.25, 0.3) is 38.9 Å². The quantitative estimate of drug-likeness (QED) is 0.288. The van der Waals surface area contributed by atoms with Crippen molar-refractivity contribution >= 4 is 56.4 Å². The van der Waals surface area contributed by atoms with E-state index in [2.05, 4.69) is 0 Å². The molecule has 0 bridgehead atoms. The van der Waals surface area contributed by atoms with Crippen molar-refractivity contribution in [2.75, 3.05) is 0 Å². The molecule has 6 rings (SSSR count). The van der Waals surface area contributed by atoms with Crippen LogP contribution in [-0.4, -0.2) is 24.1 Å². The van der Waals surface area contributed by atoms with E-state index in [0.29, 0.717) is 50.1 Å². The maximum Gasteiger partial charge on any atom is 0.265 e. The van der Waals surface area contributed by atoms with Crippen molar-refractivity contribution in [1.82, 2.24) is 24.1 Å². The van der Waals surface area contributed by atoms with Crippen LogP contribution in [-0.2, 0) is 6.54 Å². The van der Waals surface area contributed by atoms with Crippen LogP contribution in [0.5, 0.6) is 0 Å². The molecule has 0 unspecified atom stereocenters. The van der Waals surface area contributed by atoms with Gasteiger partial charge in [0, 0.05) is 10.0 Å². The van der Waals surface area contributed by atoms with Gasteiger partial charge in [-0.1, -0.05) is 59.6 Å². The van der Waals surface area contributed by atoms with Gasteiger partial charge in [-0.3, -0.25) is 13.9 Å². The molecule has 0 N–H and O–H groups in total. The molecular weight excluding hydrogens is 481 g/mol. The molecule has 6 nitrogen and oxygen atoms in total. The van der Waals surface area contributed by atoms with Gasteiger partial charge >= 0.3 is 0 Å². The van der Waals surface area contributed by atoms with Crippen molar-refractivity contribution in [3.63, 3.8) is 0 Å². The fourth-order valence-corrected chi connectivity index (χ4v) is 4.83. The van der Waals surface area contributed by atoms with Crippen LogP contribution in [0.4, 0.5) is 0 Å². The minimum Gasteiger partial charge on any atom is -0.292 e. The van der Waals surface area contributed by atoms with Gasteiger partial charge in [0.15, 0.2) is 11.3 Å². The highest BCUT2D eigenvalue weighted by Crippen LogP contribution is 2.31. The summed E-state index contributed by atoms with van der Waals surface area (Å²) < 4.78 is 3.52. The Morgan fingerprint density at radius 2 is 1.54 bits per heavy atom. The first-order chi connectivity index (χ1) is 16.9. The van der Waals surface area contributed by atoms with E-state index in [1.165, 1.54) is 0 Å². The number of aryl methyl sites for hydroxylation is 2. The highest BCUT2D eigenvalue weighted by Gasteiger charge is 2.23. The number of rotatable bonds is 3. The molecule has 172 valence electrons. The molecule has 0 aliphatic rings. The largest absolute Gasteiger partial charge is 0.292 e. The predicted molar refractivity (Wildman–Crippen MR) is 141 cm³/mol. The van der Waals surface area contributed by atoms with Crippen LogP contribution in [0.3, 0.4) is 0 Å². The van der Waals surface area contributed by atoms with Crippen molar-refractivity contribution in [1.29, 1.82) is 0 Å². The molecule has 8 heteroatoms. The maximum atomic E-state index is 14.0. The number of nitrogens with zero attached hydrogens (tertiary/aromatic N) is 5. The molecule has 0 spiro atoms. The van der Waals surface area contributed by atoms with Gasteiger partial charge in [-0.15, -0.1) is 0 Å². The lowest BCUT2D eigenvalue weighted by molar-refractivity contribution is 0.711. The van der Waals surface area contributed by atoms with Gasteiger partial charge in [-0.05, 0) is 55.3 Å². The zero-order valence-corrected chi connectivity index (χ0v) is 20.5. The molecule has 0 aliphatic carbocycles. The molecule has 0 aliphatic heterocycles. The maximum absolute atomic E-state index is 14.0. The average Bonchev–Trinajstić information content (AvgIpc) is 3.15. The van der Waals surface area contributed by atoms with Crippen molar-refractivity contribution < 1.29 is 0 Å². The third-order valence-electron chi connectivity index (χ3n) is 6.25. The number of benzene rings is 3. The van der Waals surface area contributed by atoms with Crippen molar-refractivity contribution in [2.24, 2.45) is 0 Å². The normalized spacial score (nSPS) is 11.7. The lowest BCUT2D eigenvalue weighted by Crippen LogP contribution is -2.24. The number of hydrogen-bond acceptors (Lipinski definition) is 4. The van der Waals surface area contributed by atoms with E-state index in [1.54, 1.807) is 4.57 Å². The van der Waals surface area contributed by atoms with E-state index in [-0.39, 0.29) is 5.56 Å². The summed E-state index contributed by atoms with van der Waals surface area (Å²) in [4.78, 5) is 28.7. The zero-order chi connectivity index (χ0) is 24.3. The fraction of sp³-hybridized carbons (Fsp3) is 0.111. The molecule has 35 heavy (non-hydrogen) atoms. The first-order valence-corrected chi connectivity index (χ1v) is 11.9. The number of halogens is 2. The minimum atomic E-state index is -0.194. The third-order valence-corrected chi connectivity index (χ3v) is 6.86. The first-order valence-electron chi connectivity index (χ1n) is 11.1. The second kappa shape index (κ2) is 8.18. The van der Waals surface area contributed by atoms with E-state index >= 15 is 0 Å². The highest BCUT2D eigenvalue weighted by atomic mass is 35.5. The number of aromatic nitrogens is 5. The Balaban J connectivity index is 1.75.